The maximum Gasteiger partial charge on any atom is 0.160 e. The van der Waals surface area contributed by atoms with Gasteiger partial charge in [-0.2, -0.15) is 0 Å². The molecule has 0 fully saturated rings. The molecule has 2 heteroatoms. The highest BCUT2D eigenvalue weighted by molar-refractivity contribution is 5.42. The Morgan fingerprint density at radius 3 is 2.85 bits per heavy atom. The lowest BCUT2D eigenvalue weighted by atomic mass is 10.1. The van der Waals surface area contributed by atoms with Gasteiger partial charge in [0.05, 0.1) is 7.11 Å². The van der Waals surface area contributed by atoms with Crippen molar-refractivity contribution >= 4 is 0 Å². The fourth-order valence-electron chi connectivity index (χ4n) is 1.10. The zero-order chi connectivity index (χ0) is 9.68. The van der Waals surface area contributed by atoms with Crippen molar-refractivity contribution in [1.82, 2.24) is 0 Å². The number of rotatable bonds is 3. The molecule has 0 atom stereocenters. The molecule has 0 unspecified atom stereocenters. The monoisotopic (exact) mass is 178 g/mol. The van der Waals surface area contributed by atoms with Crippen LogP contribution < -0.4 is 4.74 Å². The Morgan fingerprint density at radius 2 is 2.23 bits per heavy atom. The smallest absolute Gasteiger partial charge is 0.160 e. The lowest BCUT2D eigenvalue weighted by molar-refractivity contribution is 0.373. The third-order valence-corrected chi connectivity index (χ3v) is 1.83. The molecule has 0 spiro atoms. The van der Waals surface area contributed by atoms with E-state index in [1.54, 1.807) is 13.2 Å². The van der Waals surface area contributed by atoms with E-state index in [1.165, 1.54) is 0 Å². The molecule has 1 rings (SSSR count). The van der Waals surface area contributed by atoms with Crippen molar-refractivity contribution in [2.24, 2.45) is 0 Å². The maximum atomic E-state index is 9.32. The van der Waals surface area contributed by atoms with Crippen LogP contribution in [0.3, 0.4) is 0 Å². The first kappa shape index (κ1) is 9.65. The summed E-state index contributed by atoms with van der Waals surface area (Å²) in [5.41, 5.74) is 1.13. The van der Waals surface area contributed by atoms with Crippen molar-refractivity contribution in [2.75, 3.05) is 7.11 Å². The summed E-state index contributed by atoms with van der Waals surface area (Å²) in [5.74, 6) is 0.716. The van der Waals surface area contributed by atoms with Gasteiger partial charge in [-0.25, -0.2) is 0 Å². The summed E-state index contributed by atoms with van der Waals surface area (Å²) < 4.78 is 4.99. The SMILES string of the molecule is C/C=C/Cc1ccc(O)c(OC)c1. The maximum absolute atomic E-state index is 9.32. The first-order chi connectivity index (χ1) is 6.27. The minimum atomic E-state index is 0.187. The average Bonchev–Trinajstić information content (AvgIpc) is 2.16. The number of allylic oxidation sites excluding steroid dienone is 2. The van der Waals surface area contributed by atoms with Gasteiger partial charge in [0.1, 0.15) is 0 Å². The number of phenols is 1. The average molecular weight is 178 g/mol. The first-order valence-electron chi connectivity index (χ1n) is 4.25. The molecule has 0 heterocycles. The Balaban J connectivity index is 2.86. The predicted octanol–water partition coefficient (Wildman–Crippen LogP) is 2.52. The minimum Gasteiger partial charge on any atom is -0.504 e. The van der Waals surface area contributed by atoms with Gasteiger partial charge in [0.15, 0.2) is 11.5 Å². The van der Waals surface area contributed by atoms with E-state index in [1.807, 2.05) is 25.1 Å². The fraction of sp³-hybridized carbons (Fsp3) is 0.273. The first-order valence-corrected chi connectivity index (χ1v) is 4.25. The van der Waals surface area contributed by atoms with Gasteiger partial charge in [0.25, 0.3) is 0 Å². The minimum absolute atomic E-state index is 0.187. The molecule has 0 saturated heterocycles. The molecular formula is C11H14O2. The third-order valence-electron chi connectivity index (χ3n) is 1.83. The van der Waals surface area contributed by atoms with E-state index in [-0.39, 0.29) is 5.75 Å². The summed E-state index contributed by atoms with van der Waals surface area (Å²) in [6, 6.07) is 5.38. The molecule has 1 aromatic rings. The van der Waals surface area contributed by atoms with Crippen LogP contribution in [0, 0.1) is 0 Å². The van der Waals surface area contributed by atoms with Crippen molar-refractivity contribution in [3.8, 4) is 11.5 Å². The molecule has 0 bridgehead atoms. The van der Waals surface area contributed by atoms with Gasteiger partial charge < -0.3 is 9.84 Å². The van der Waals surface area contributed by atoms with Crippen LogP contribution in [-0.2, 0) is 6.42 Å². The summed E-state index contributed by atoms with van der Waals surface area (Å²) >= 11 is 0. The van der Waals surface area contributed by atoms with E-state index in [0.717, 1.165) is 12.0 Å². The number of hydrogen-bond donors (Lipinski definition) is 1. The number of hydrogen-bond acceptors (Lipinski definition) is 2. The van der Waals surface area contributed by atoms with Crippen LogP contribution in [0.15, 0.2) is 30.4 Å². The zero-order valence-corrected chi connectivity index (χ0v) is 7.95. The number of phenolic OH excluding ortho intramolecular Hbond substituents is 1. The Hall–Kier alpha value is -1.44. The Kier molecular flexibility index (Phi) is 3.38. The third kappa shape index (κ3) is 2.51. The molecule has 0 saturated carbocycles. The Bertz CT molecular complexity index is 303. The summed E-state index contributed by atoms with van der Waals surface area (Å²) in [5, 5.41) is 9.32. The molecule has 13 heavy (non-hydrogen) atoms. The summed E-state index contributed by atoms with van der Waals surface area (Å²) in [7, 11) is 1.55. The Morgan fingerprint density at radius 1 is 1.46 bits per heavy atom. The predicted molar refractivity (Wildman–Crippen MR) is 53.2 cm³/mol. The normalized spacial score (nSPS) is 10.6. The van der Waals surface area contributed by atoms with Crippen molar-refractivity contribution in [3.05, 3.63) is 35.9 Å². The number of aromatic hydroxyl groups is 1. The standard InChI is InChI=1S/C11H14O2/c1-3-4-5-9-6-7-10(12)11(8-9)13-2/h3-4,6-8,12H,5H2,1-2H3/b4-3+. The van der Waals surface area contributed by atoms with E-state index < -0.39 is 0 Å². The van der Waals surface area contributed by atoms with Gasteiger partial charge in [0, 0.05) is 0 Å². The molecule has 2 nitrogen and oxygen atoms in total. The van der Waals surface area contributed by atoms with E-state index in [2.05, 4.69) is 6.08 Å². The van der Waals surface area contributed by atoms with Crippen molar-refractivity contribution in [1.29, 1.82) is 0 Å². The molecule has 70 valence electrons. The number of benzene rings is 1. The van der Waals surface area contributed by atoms with Gasteiger partial charge in [0.2, 0.25) is 0 Å². The molecule has 0 aliphatic carbocycles. The molecule has 1 aromatic carbocycles. The van der Waals surface area contributed by atoms with Gasteiger partial charge in [-0.3, -0.25) is 0 Å². The van der Waals surface area contributed by atoms with Crippen LogP contribution in [0.4, 0.5) is 0 Å². The number of ether oxygens (including phenoxy) is 1. The van der Waals surface area contributed by atoms with E-state index in [9.17, 15) is 5.11 Å². The van der Waals surface area contributed by atoms with Crippen molar-refractivity contribution < 1.29 is 9.84 Å². The van der Waals surface area contributed by atoms with Gasteiger partial charge >= 0.3 is 0 Å². The zero-order valence-electron chi connectivity index (χ0n) is 7.95. The molecule has 0 aliphatic rings. The summed E-state index contributed by atoms with van der Waals surface area (Å²) in [6.07, 6.45) is 4.93. The van der Waals surface area contributed by atoms with Gasteiger partial charge in [-0.05, 0) is 31.0 Å². The molecule has 0 aromatic heterocycles. The quantitative estimate of drug-likeness (QED) is 0.721. The highest BCUT2D eigenvalue weighted by Crippen LogP contribution is 2.26. The summed E-state index contributed by atoms with van der Waals surface area (Å²) in [4.78, 5) is 0. The van der Waals surface area contributed by atoms with Crippen LogP contribution in [0.5, 0.6) is 11.5 Å². The Labute approximate surface area is 78.5 Å². The lowest BCUT2D eigenvalue weighted by Crippen LogP contribution is -1.86. The van der Waals surface area contributed by atoms with E-state index >= 15 is 0 Å². The second-order valence-electron chi connectivity index (χ2n) is 2.78. The summed E-state index contributed by atoms with van der Waals surface area (Å²) in [6.45, 7) is 1.98. The van der Waals surface area contributed by atoms with Crippen LogP contribution in [0.1, 0.15) is 12.5 Å². The molecule has 0 aliphatic heterocycles. The molecule has 1 N–H and O–H groups in total. The molecule has 0 amide bonds. The number of methoxy groups -OCH3 is 1. The second-order valence-corrected chi connectivity index (χ2v) is 2.78. The van der Waals surface area contributed by atoms with Gasteiger partial charge in [-0.15, -0.1) is 0 Å². The largest absolute Gasteiger partial charge is 0.504 e. The van der Waals surface area contributed by atoms with Crippen LogP contribution in [-0.4, -0.2) is 12.2 Å². The highest BCUT2D eigenvalue weighted by atomic mass is 16.5. The van der Waals surface area contributed by atoms with Crippen molar-refractivity contribution in [2.45, 2.75) is 13.3 Å². The topological polar surface area (TPSA) is 29.5 Å². The van der Waals surface area contributed by atoms with Crippen LogP contribution in [0.25, 0.3) is 0 Å². The van der Waals surface area contributed by atoms with E-state index in [0.29, 0.717) is 5.75 Å². The molecular weight excluding hydrogens is 164 g/mol. The highest BCUT2D eigenvalue weighted by Gasteiger charge is 2.00. The van der Waals surface area contributed by atoms with Crippen molar-refractivity contribution in [3.63, 3.8) is 0 Å². The van der Waals surface area contributed by atoms with Crippen LogP contribution >= 0.6 is 0 Å². The van der Waals surface area contributed by atoms with Crippen LogP contribution in [0.2, 0.25) is 0 Å². The second kappa shape index (κ2) is 4.55. The fourth-order valence-corrected chi connectivity index (χ4v) is 1.10. The van der Waals surface area contributed by atoms with Gasteiger partial charge in [-0.1, -0.05) is 18.2 Å². The lowest BCUT2D eigenvalue weighted by Gasteiger charge is -2.04. The molecule has 0 radical (unpaired) electrons. The van der Waals surface area contributed by atoms with E-state index in [4.69, 9.17) is 4.74 Å².